The SMILES string of the molecule is Cc1cc(OCCCCCCCC[N+](C)(C)Cc2ccc(Br)o2)c(C(C)C)cc1Cl. The van der Waals surface area contributed by atoms with E-state index in [1.54, 1.807) is 0 Å². The zero-order valence-electron chi connectivity index (χ0n) is 19.3. The summed E-state index contributed by atoms with van der Waals surface area (Å²) in [5.74, 6) is 2.45. The van der Waals surface area contributed by atoms with Gasteiger partial charge in [-0.1, -0.05) is 44.7 Å². The first kappa shape index (κ1) is 25.3. The molecule has 3 nitrogen and oxygen atoms in total. The van der Waals surface area contributed by atoms with Crippen molar-refractivity contribution in [2.45, 2.75) is 71.8 Å². The van der Waals surface area contributed by atoms with Crippen LogP contribution in [0.5, 0.6) is 5.75 Å². The summed E-state index contributed by atoms with van der Waals surface area (Å²) in [6.45, 7) is 9.29. The van der Waals surface area contributed by atoms with E-state index in [2.05, 4.69) is 62.1 Å². The zero-order chi connectivity index (χ0) is 22.1. The van der Waals surface area contributed by atoms with E-state index >= 15 is 0 Å². The molecule has 0 amide bonds. The number of benzene rings is 1. The lowest BCUT2D eigenvalue weighted by Gasteiger charge is -2.28. The average Bonchev–Trinajstić information content (AvgIpc) is 3.06. The number of aryl methyl sites for hydroxylation is 1. The Bertz CT molecular complexity index is 785. The van der Waals surface area contributed by atoms with Crippen LogP contribution in [0.2, 0.25) is 5.02 Å². The van der Waals surface area contributed by atoms with Crippen molar-refractivity contribution < 1.29 is 13.6 Å². The van der Waals surface area contributed by atoms with Gasteiger partial charge in [-0.15, -0.1) is 0 Å². The van der Waals surface area contributed by atoms with Gasteiger partial charge in [0, 0.05) is 5.02 Å². The van der Waals surface area contributed by atoms with Crippen molar-refractivity contribution in [3.8, 4) is 5.75 Å². The van der Waals surface area contributed by atoms with Crippen molar-refractivity contribution in [2.24, 2.45) is 0 Å². The molecule has 0 saturated carbocycles. The standard InChI is InChI=1S/C25H38BrClNO2/c1-19(2)22-17-23(27)20(3)16-24(22)29-15-11-9-7-6-8-10-14-28(4,5)18-21-12-13-25(26)30-21/h12-13,16-17,19H,6-11,14-15,18H2,1-5H3/q+1. The molecule has 0 fully saturated rings. The fraction of sp³-hybridized carbons (Fsp3) is 0.600. The Balaban J connectivity index is 1.58. The number of quaternary nitrogens is 1. The lowest BCUT2D eigenvalue weighted by molar-refractivity contribution is -0.904. The molecule has 0 aliphatic rings. The summed E-state index contributed by atoms with van der Waals surface area (Å²) in [6, 6.07) is 8.17. The number of ether oxygens (including phenoxy) is 1. The summed E-state index contributed by atoms with van der Waals surface area (Å²) in [4.78, 5) is 0. The van der Waals surface area contributed by atoms with Gasteiger partial charge in [-0.2, -0.15) is 0 Å². The summed E-state index contributed by atoms with van der Waals surface area (Å²) < 4.78 is 13.5. The molecule has 30 heavy (non-hydrogen) atoms. The van der Waals surface area contributed by atoms with Crippen LogP contribution in [0.15, 0.2) is 33.4 Å². The molecule has 2 aromatic rings. The van der Waals surface area contributed by atoms with Crippen molar-refractivity contribution >= 4 is 27.5 Å². The normalized spacial score (nSPS) is 12.0. The van der Waals surface area contributed by atoms with Crippen LogP contribution >= 0.6 is 27.5 Å². The van der Waals surface area contributed by atoms with E-state index < -0.39 is 0 Å². The Kier molecular flexibility index (Phi) is 10.3. The predicted molar refractivity (Wildman–Crippen MR) is 131 cm³/mol. The first-order valence-corrected chi connectivity index (χ1v) is 12.3. The summed E-state index contributed by atoms with van der Waals surface area (Å²) in [7, 11) is 4.55. The van der Waals surface area contributed by atoms with E-state index in [0.29, 0.717) is 5.92 Å². The number of rotatable bonds is 13. The second kappa shape index (κ2) is 12.2. The minimum Gasteiger partial charge on any atom is -0.493 e. The topological polar surface area (TPSA) is 22.4 Å². The van der Waals surface area contributed by atoms with E-state index in [1.165, 1.54) is 44.2 Å². The monoisotopic (exact) mass is 498 g/mol. The first-order chi connectivity index (χ1) is 14.2. The van der Waals surface area contributed by atoms with Crippen LogP contribution in [0.4, 0.5) is 0 Å². The maximum absolute atomic E-state index is 6.28. The molecule has 5 heteroatoms. The van der Waals surface area contributed by atoms with Gasteiger partial charge in [-0.05, 0) is 83.4 Å². The number of hydrogen-bond acceptors (Lipinski definition) is 2. The van der Waals surface area contributed by atoms with Crippen molar-refractivity contribution in [1.82, 2.24) is 0 Å². The highest BCUT2D eigenvalue weighted by atomic mass is 79.9. The highest BCUT2D eigenvalue weighted by Crippen LogP contribution is 2.32. The van der Waals surface area contributed by atoms with Gasteiger partial charge in [-0.3, -0.25) is 0 Å². The molecule has 0 N–H and O–H groups in total. The molecule has 168 valence electrons. The highest BCUT2D eigenvalue weighted by molar-refractivity contribution is 9.10. The summed E-state index contributed by atoms with van der Waals surface area (Å²) >= 11 is 9.66. The number of unbranched alkanes of at least 4 members (excludes halogenated alkanes) is 5. The minimum absolute atomic E-state index is 0.412. The van der Waals surface area contributed by atoms with Crippen molar-refractivity contribution in [3.63, 3.8) is 0 Å². The first-order valence-electron chi connectivity index (χ1n) is 11.2. The average molecular weight is 500 g/mol. The summed E-state index contributed by atoms with van der Waals surface area (Å²) in [6.07, 6.45) is 7.45. The van der Waals surface area contributed by atoms with Gasteiger partial charge in [0.1, 0.15) is 12.3 Å². The third-order valence-electron chi connectivity index (χ3n) is 5.54. The minimum atomic E-state index is 0.412. The summed E-state index contributed by atoms with van der Waals surface area (Å²) in [5.41, 5.74) is 2.28. The fourth-order valence-electron chi connectivity index (χ4n) is 3.72. The van der Waals surface area contributed by atoms with Gasteiger partial charge in [0.2, 0.25) is 0 Å². The number of nitrogens with zero attached hydrogens (tertiary/aromatic N) is 1. The third kappa shape index (κ3) is 8.64. The summed E-state index contributed by atoms with van der Waals surface area (Å²) in [5, 5.41) is 0.824. The molecule has 2 rings (SSSR count). The molecule has 0 aliphatic carbocycles. The second-order valence-electron chi connectivity index (χ2n) is 9.29. The van der Waals surface area contributed by atoms with Crippen LogP contribution in [0.25, 0.3) is 0 Å². The fourth-order valence-corrected chi connectivity index (χ4v) is 4.23. The van der Waals surface area contributed by atoms with Gasteiger partial charge in [0.05, 0.1) is 27.2 Å². The zero-order valence-corrected chi connectivity index (χ0v) is 21.6. The van der Waals surface area contributed by atoms with E-state index in [4.69, 9.17) is 20.8 Å². The van der Waals surface area contributed by atoms with Gasteiger partial charge in [0.15, 0.2) is 10.4 Å². The number of halogens is 2. The molecule has 0 aliphatic heterocycles. The number of hydrogen-bond donors (Lipinski definition) is 0. The number of furan rings is 1. The van der Waals surface area contributed by atoms with Crippen molar-refractivity contribution in [3.05, 3.63) is 50.8 Å². The predicted octanol–water partition coefficient (Wildman–Crippen LogP) is 8.12. The van der Waals surface area contributed by atoms with Crippen LogP contribution in [0.1, 0.15) is 75.2 Å². The molecule has 1 aromatic carbocycles. The largest absolute Gasteiger partial charge is 0.493 e. The Morgan fingerprint density at radius 3 is 2.33 bits per heavy atom. The highest BCUT2D eigenvalue weighted by Gasteiger charge is 2.17. The quantitative estimate of drug-likeness (QED) is 0.205. The van der Waals surface area contributed by atoms with Gasteiger partial charge in [-0.25, -0.2) is 0 Å². The molecule has 0 radical (unpaired) electrons. The lowest BCUT2D eigenvalue weighted by Crippen LogP contribution is -2.39. The van der Waals surface area contributed by atoms with Crippen molar-refractivity contribution in [1.29, 1.82) is 0 Å². The Labute approximate surface area is 196 Å². The van der Waals surface area contributed by atoms with Crippen LogP contribution < -0.4 is 4.74 Å². The molecule has 0 bridgehead atoms. The van der Waals surface area contributed by atoms with Gasteiger partial charge in [0.25, 0.3) is 0 Å². The Morgan fingerprint density at radius 1 is 1.03 bits per heavy atom. The maximum atomic E-state index is 6.28. The maximum Gasteiger partial charge on any atom is 0.169 e. The molecule has 1 aromatic heterocycles. The molecular formula is C25H38BrClNO2+. The van der Waals surface area contributed by atoms with E-state index in [0.717, 1.165) is 50.8 Å². The molecule has 0 atom stereocenters. The Hall–Kier alpha value is -0.970. The van der Waals surface area contributed by atoms with Crippen molar-refractivity contribution in [2.75, 3.05) is 27.2 Å². The lowest BCUT2D eigenvalue weighted by atomic mass is 10.0. The van der Waals surface area contributed by atoms with Crippen LogP contribution in [0.3, 0.4) is 0 Å². The van der Waals surface area contributed by atoms with E-state index in [9.17, 15) is 0 Å². The molecular weight excluding hydrogens is 462 g/mol. The molecule has 0 unspecified atom stereocenters. The smallest absolute Gasteiger partial charge is 0.169 e. The van der Waals surface area contributed by atoms with E-state index in [1.807, 2.05) is 13.0 Å². The van der Waals surface area contributed by atoms with Gasteiger partial charge >= 0.3 is 0 Å². The van der Waals surface area contributed by atoms with Crippen LogP contribution in [-0.4, -0.2) is 31.7 Å². The molecule has 1 heterocycles. The van der Waals surface area contributed by atoms with Crippen LogP contribution in [0, 0.1) is 6.92 Å². The van der Waals surface area contributed by atoms with Crippen LogP contribution in [-0.2, 0) is 6.54 Å². The molecule has 0 saturated heterocycles. The molecule has 0 spiro atoms. The third-order valence-corrected chi connectivity index (χ3v) is 6.37. The van der Waals surface area contributed by atoms with Gasteiger partial charge < -0.3 is 13.6 Å². The van der Waals surface area contributed by atoms with E-state index in [-0.39, 0.29) is 0 Å². The second-order valence-corrected chi connectivity index (χ2v) is 10.5. The Morgan fingerprint density at radius 2 is 1.70 bits per heavy atom.